The molecule has 2 amide bonds. The SMILES string of the molecule is CC#CC(=O)N1CCC(c2nc(-c3ccc(C(=O)Nc4cc(C#N)ccn4)cn3)n3c(N)nccc23)C1. The van der Waals surface area contributed by atoms with Crippen molar-refractivity contribution in [1.29, 1.82) is 5.26 Å². The second kappa shape index (κ2) is 9.76. The van der Waals surface area contributed by atoms with Crippen LogP contribution in [0.5, 0.6) is 0 Å². The van der Waals surface area contributed by atoms with Crippen molar-refractivity contribution in [2.24, 2.45) is 0 Å². The summed E-state index contributed by atoms with van der Waals surface area (Å²) in [6, 6.07) is 10.2. The van der Waals surface area contributed by atoms with Gasteiger partial charge in [-0.3, -0.25) is 19.0 Å². The molecule has 37 heavy (non-hydrogen) atoms. The van der Waals surface area contributed by atoms with Crippen molar-refractivity contribution in [2.75, 3.05) is 24.1 Å². The molecule has 1 unspecified atom stereocenters. The summed E-state index contributed by atoms with van der Waals surface area (Å²) in [6.45, 7) is 2.75. The van der Waals surface area contributed by atoms with Crippen LogP contribution in [0, 0.1) is 23.2 Å². The van der Waals surface area contributed by atoms with E-state index in [-0.39, 0.29) is 23.6 Å². The maximum absolute atomic E-state index is 12.7. The number of hydrogen-bond acceptors (Lipinski definition) is 8. The first kappa shape index (κ1) is 23.5. The topological polar surface area (TPSA) is 155 Å². The van der Waals surface area contributed by atoms with Gasteiger partial charge in [-0.05, 0) is 49.6 Å². The van der Waals surface area contributed by atoms with Crippen molar-refractivity contribution in [3.8, 4) is 29.4 Å². The highest BCUT2D eigenvalue weighted by Gasteiger charge is 2.31. The first-order valence-corrected chi connectivity index (χ1v) is 11.5. The third kappa shape index (κ3) is 4.54. The Bertz CT molecular complexity index is 1620. The Labute approximate surface area is 212 Å². The van der Waals surface area contributed by atoms with Crippen LogP contribution in [0.15, 0.2) is 48.9 Å². The zero-order chi connectivity index (χ0) is 25.9. The highest BCUT2D eigenvalue weighted by Crippen LogP contribution is 2.33. The van der Waals surface area contributed by atoms with Crippen LogP contribution >= 0.6 is 0 Å². The van der Waals surface area contributed by atoms with Gasteiger partial charge in [0.15, 0.2) is 5.82 Å². The Morgan fingerprint density at radius 3 is 2.76 bits per heavy atom. The molecule has 4 aromatic rings. The number of amides is 2. The Morgan fingerprint density at radius 2 is 2.00 bits per heavy atom. The summed E-state index contributed by atoms with van der Waals surface area (Å²) in [4.78, 5) is 44.2. The highest BCUT2D eigenvalue weighted by molar-refractivity contribution is 6.03. The predicted molar refractivity (Wildman–Crippen MR) is 135 cm³/mol. The largest absolute Gasteiger partial charge is 0.369 e. The lowest BCUT2D eigenvalue weighted by Gasteiger charge is -2.12. The van der Waals surface area contributed by atoms with Crippen molar-refractivity contribution < 1.29 is 9.59 Å². The van der Waals surface area contributed by atoms with Crippen LogP contribution in [0.25, 0.3) is 17.0 Å². The van der Waals surface area contributed by atoms with Crippen molar-refractivity contribution in [2.45, 2.75) is 19.3 Å². The Morgan fingerprint density at radius 1 is 1.16 bits per heavy atom. The molecule has 1 aliphatic heterocycles. The van der Waals surface area contributed by atoms with Gasteiger partial charge in [0.1, 0.15) is 11.5 Å². The van der Waals surface area contributed by atoms with Gasteiger partial charge in [-0.25, -0.2) is 15.0 Å². The van der Waals surface area contributed by atoms with Crippen LogP contribution in [0.1, 0.15) is 40.9 Å². The molecule has 182 valence electrons. The number of nitrogens with two attached hydrogens (primary N) is 1. The first-order chi connectivity index (χ1) is 18.0. The van der Waals surface area contributed by atoms with Crippen LogP contribution < -0.4 is 11.1 Å². The number of nitrogen functional groups attached to an aromatic ring is 1. The molecule has 0 spiro atoms. The van der Waals surface area contributed by atoms with Crippen LogP contribution in [0.4, 0.5) is 11.8 Å². The van der Waals surface area contributed by atoms with Crippen molar-refractivity contribution >= 4 is 29.1 Å². The fourth-order valence-electron chi connectivity index (χ4n) is 4.33. The van der Waals surface area contributed by atoms with Gasteiger partial charge in [-0.1, -0.05) is 5.92 Å². The maximum atomic E-state index is 12.7. The summed E-state index contributed by atoms with van der Waals surface area (Å²) in [5.41, 5.74) is 9.01. The monoisotopic (exact) mass is 491 g/mol. The van der Waals surface area contributed by atoms with Gasteiger partial charge in [0.25, 0.3) is 11.8 Å². The van der Waals surface area contributed by atoms with E-state index in [1.54, 1.807) is 40.6 Å². The molecule has 3 N–H and O–H groups in total. The number of aromatic nitrogens is 5. The van der Waals surface area contributed by atoms with E-state index >= 15 is 0 Å². The molecule has 0 aliphatic carbocycles. The van der Waals surface area contributed by atoms with Crippen molar-refractivity contribution in [1.82, 2.24) is 29.2 Å². The number of hydrogen-bond donors (Lipinski definition) is 2. The van der Waals surface area contributed by atoms with Gasteiger partial charge in [-0.2, -0.15) is 5.26 Å². The van der Waals surface area contributed by atoms with E-state index in [1.165, 1.54) is 18.5 Å². The minimum Gasteiger partial charge on any atom is -0.369 e. The molecule has 1 fully saturated rings. The van der Waals surface area contributed by atoms with Gasteiger partial charge in [0.05, 0.1) is 28.4 Å². The second-order valence-corrected chi connectivity index (χ2v) is 8.38. The number of fused-ring (bicyclic) bond motifs is 1. The van der Waals surface area contributed by atoms with Crippen LogP contribution in [0.2, 0.25) is 0 Å². The first-order valence-electron chi connectivity index (χ1n) is 11.5. The van der Waals surface area contributed by atoms with Gasteiger partial charge >= 0.3 is 0 Å². The molecule has 11 nitrogen and oxygen atoms in total. The van der Waals surface area contributed by atoms with Crippen LogP contribution in [-0.4, -0.2) is 54.1 Å². The van der Waals surface area contributed by atoms with Crippen LogP contribution in [-0.2, 0) is 4.79 Å². The molecule has 5 heterocycles. The van der Waals surface area contributed by atoms with Crippen molar-refractivity contribution in [3.05, 3.63) is 65.7 Å². The maximum Gasteiger partial charge on any atom is 0.298 e. The molecule has 0 bridgehead atoms. The zero-order valence-electron chi connectivity index (χ0n) is 19.8. The fraction of sp³-hybridized carbons (Fsp3) is 0.192. The van der Waals surface area contributed by atoms with E-state index in [4.69, 9.17) is 16.0 Å². The molecule has 11 heteroatoms. The number of likely N-dealkylation sites (tertiary alicyclic amines) is 1. The minimum atomic E-state index is -0.414. The smallest absolute Gasteiger partial charge is 0.298 e. The summed E-state index contributed by atoms with van der Waals surface area (Å²) in [7, 11) is 0. The number of carbonyl (C=O) groups is 2. The van der Waals surface area contributed by atoms with Crippen LogP contribution in [0.3, 0.4) is 0 Å². The lowest BCUT2D eigenvalue weighted by atomic mass is 10.0. The lowest BCUT2D eigenvalue weighted by Crippen LogP contribution is -2.26. The van der Waals surface area contributed by atoms with Gasteiger partial charge in [-0.15, -0.1) is 0 Å². The average Bonchev–Trinajstić information content (AvgIpc) is 3.55. The third-order valence-electron chi connectivity index (χ3n) is 6.09. The quantitative estimate of drug-likeness (QED) is 0.412. The summed E-state index contributed by atoms with van der Waals surface area (Å²) in [6.07, 6.45) is 5.26. The Kier molecular flexibility index (Phi) is 6.18. The Hall–Kier alpha value is -5.29. The van der Waals surface area contributed by atoms with E-state index in [9.17, 15) is 9.59 Å². The lowest BCUT2D eigenvalue weighted by molar-refractivity contribution is -0.124. The number of rotatable bonds is 4. The van der Waals surface area contributed by atoms with Crippen molar-refractivity contribution in [3.63, 3.8) is 0 Å². The van der Waals surface area contributed by atoms with E-state index in [1.807, 2.05) is 12.1 Å². The predicted octanol–water partition coefficient (Wildman–Crippen LogP) is 2.23. The average molecular weight is 492 g/mol. The van der Waals surface area contributed by atoms with Gasteiger partial charge < -0.3 is 16.0 Å². The molecule has 0 aromatic carbocycles. The Balaban J connectivity index is 1.43. The fourth-order valence-corrected chi connectivity index (χ4v) is 4.33. The molecular weight excluding hydrogens is 470 g/mol. The number of nitrogens with zero attached hydrogens (tertiary/aromatic N) is 7. The molecule has 0 saturated carbocycles. The zero-order valence-corrected chi connectivity index (χ0v) is 19.8. The molecule has 1 atom stereocenters. The number of nitrogens with one attached hydrogen (secondary N) is 1. The molecule has 1 saturated heterocycles. The molecular formula is C26H21N9O2. The highest BCUT2D eigenvalue weighted by atomic mass is 16.2. The van der Waals surface area contributed by atoms with Gasteiger partial charge in [0, 0.05) is 37.6 Å². The number of nitriles is 1. The summed E-state index contributed by atoms with van der Waals surface area (Å²) < 4.78 is 1.73. The number of imidazole rings is 1. The normalized spacial score (nSPS) is 14.6. The van der Waals surface area contributed by atoms with Gasteiger partial charge in [0.2, 0.25) is 5.95 Å². The second-order valence-electron chi connectivity index (χ2n) is 8.38. The molecule has 0 radical (unpaired) electrons. The molecule has 4 aromatic heterocycles. The summed E-state index contributed by atoms with van der Waals surface area (Å²) in [5.74, 6) is 5.66. The summed E-state index contributed by atoms with van der Waals surface area (Å²) >= 11 is 0. The van der Waals surface area contributed by atoms with E-state index in [0.29, 0.717) is 35.7 Å². The molecule has 5 rings (SSSR count). The van der Waals surface area contributed by atoms with E-state index < -0.39 is 5.91 Å². The third-order valence-corrected chi connectivity index (χ3v) is 6.09. The number of anilines is 2. The number of pyridine rings is 2. The van der Waals surface area contributed by atoms with E-state index in [0.717, 1.165) is 17.6 Å². The standard InChI is InChI=1S/C26H21N9O2/c1-2-3-22(36)34-11-8-18(15-34)23-20-7-10-30-26(28)35(20)24(33-23)19-5-4-17(14-31-19)25(37)32-21-12-16(13-27)6-9-29-21/h4-7,9-10,12,14,18H,8,11,15H2,1H3,(H2,28,30)(H,29,32,37). The molecule has 1 aliphatic rings. The van der Waals surface area contributed by atoms with E-state index in [2.05, 4.69) is 32.1 Å². The minimum absolute atomic E-state index is 0.00915. The summed E-state index contributed by atoms with van der Waals surface area (Å²) in [5, 5.41) is 11.7. The number of carbonyl (C=O) groups excluding carboxylic acids is 2.